The van der Waals surface area contributed by atoms with Crippen molar-refractivity contribution in [2.75, 3.05) is 6.54 Å². The van der Waals surface area contributed by atoms with Gasteiger partial charge in [-0.3, -0.25) is 0 Å². The fourth-order valence-electron chi connectivity index (χ4n) is 1.62. The van der Waals surface area contributed by atoms with Crippen LogP contribution in [-0.4, -0.2) is 6.54 Å². The van der Waals surface area contributed by atoms with Gasteiger partial charge in [0, 0.05) is 9.79 Å². The summed E-state index contributed by atoms with van der Waals surface area (Å²) in [5, 5.41) is 0. The van der Waals surface area contributed by atoms with Gasteiger partial charge < -0.3 is 5.73 Å². The molecule has 2 aromatic rings. The van der Waals surface area contributed by atoms with Crippen LogP contribution in [0.1, 0.15) is 5.56 Å². The zero-order valence-electron chi connectivity index (χ0n) is 10.00. The third kappa shape index (κ3) is 3.52. The summed E-state index contributed by atoms with van der Waals surface area (Å²) in [6.45, 7) is 0.453. The van der Waals surface area contributed by atoms with Crippen LogP contribution in [0.25, 0.3) is 0 Å². The second kappa shape index (κ2) is 6.12. The Morgan fingerprint density at radius 2 is 1.68 bits per heavy atom. The first-order chi connectivity index (χ1) is 9.10. The highest BCUT2D eigenvalue weighted by Crippen LogP contribution is 2.31. The van der Waals surface area contributed by atoms with Crippen LogP contribution in [0.3, 0.4) is 0 Å². The Labute approximate surface area is 113 Å². The van der Waals surface area contributed by atoms with Crippen LogP contribution in [-0.2, 0) is 6.42 Å². The van der Waals surface area contributed by atoms with Crippen LogP contribution in [0, 0.1) is 17.5 Å². The van der Waals surface area contributed by atoms with Gasteiger partial charge in [0.1, 0.15) is 5.82 Å². The Balaban J connectivity index is 2.20. The summed E-state index contributed by atoms with van der Waals surface area (Å²) in [5.74, 6) is -2.24. The minimum atomic E-state index is -0.940. The van der Waals surface area contributed by atoms with Gasteiger partial charge in [-0.25, -0.2) is 13.2 Å². The van der Waals surface area contributed by atoms with Gasteiger partial charge in [0.25, 0.3) is 0 Å². The van der Waals surface area contributed by atoms with Crippen LogP contribution >= 0.6 is 11.8 Å². The Bertz CT molecular complexity index is 587. The van der Waals surface area contributed by atoms with Gasteiger partial charge in [0.05, 0.1) is 0 Å². The van der Waals surface area contributed by atoms with Crippen LogP contribution in [0.2, 0.25) is 0 Å². The maximum atomic E-state index is 13.8. The summed E-state index contributed by atoms with van der Waals surface area (Å²) in [6.07, 6.45) is 0.604. The summed E-state index contributed by atoms with van der Waals surface area (Å²) in [7, 11) is 0. The zero-order chi connectivity index (χ0) is 13.8. The van der Waals surface area contributed by atoms with Gasteiger partial charge in [-0.15, -0.1) is 0 Å². The van der Waals surface area contributed by atoms with Crippen LogP contribution in [0.15, 0.2) is 46.2 Å². The minimum absolute atomic E-state index is 0.367. The summed E-state index contributed by atoms with van der Waals surface area (Å²) >= 11 is 1.05. The molecule has 0 fully saturated rings. The lowest BCUT2D eigenvalue weighted by atomic mass is 10.1. The molecule has 100 valence electrons. The summed E-state index contributed by atoms with van der Waals surface area (Å²) in [4.78, 5) is 0.816. The first kappa shape index (κ1) is 14.0. The Hall–Kier alpha value is -1.46. The molecule has 2 rings (SSSR count). The maximum absolute atomic E-state index is 13.8. The van der Waals surface area contributed by atoms with Crippen LogP contribution in [0.4, 0.5) is 13.2 Å². The highest BCUT2D eigenvalue weighted by atomic mass is 32.2. The lowest BCUT2D eigenvalue weighted by Crippen LogP contribution is -2.02. The SMILES string of the molecule is NCCc1ccc(Sc2ccc(F)c(F)c2)c(F)c1. The molecule has 0 saturated carbocycles. The van der Waals surface area contributed by atoms with Crippen LogP contribution < -0.4 is 5.73 Å². The second-order valence-electron chi connectivity index (χ2n) is 3.98. The average Bonchev–Trinajstić information content (AvgIpc) is 2.37. The first-order valence-corrected chi connectivity index (χ1v) is 6.53. The molecule has 1 nitrogen and oxygen atoms in total. The molecule has 0 aliphatic rings. The fourth-order valence-corrected chi connectivity index (χ4v) is 2.46. The van der Waals surface area contributed by atoms with Crippen LogP contribution in [0.5, 0.6) is 0 Å². The van der Waals surface area contributed by atoms with Crippen molar-refractivity contribution in [2.24, 2.45) is 5.73 Å². The summed E-state index contributed by atoms with van der Waals surface area (Å²) in [6, 6.07) is 8.29. The fraction of sp³-hybridized carbons (Fsp3) is 0.143. The highest BCUT2D eigenvalue weighted by Gasteiger charge is 2.08. The number of halogens is 3. The van der Waals surface area contributed by atoms with E-state index in [-0.39, 0.29) is 5.82 Å². The molecular weight excluding hydrogens is 271 g/mol. The molecule has 0 atom stereocenters. The molecule has 0 unspecified atom stereocenters. The topological polar surface area (TPSA) is 26.0 Å². The van der Waals surface area contributed by atoms with E-state index in [9.17, 15) is 13.2 Å². The molecule has 0 radical (unpaired) electrons. The zero-order valence-corrected chi connectivity index (χ0v) is 10.8. The molecule has 2 N–H and O–H groups in total. The van der Waals surface area contributed by atoms with Gasteiger partial charge in [-0.2, -0.15) is 0 Å². The van der Waals surface area contributed by atoms with Gasteiger partial charge in [-0.1, -0.05) is 17.8 Å². The third-order valence-electron chi connectivity index (χ3n) is 2.55. The molecule has 0 spiro atoms. The molecule has 0 aliphatic carbocycles. The number of rotatable bonds is 4. The number of nitrogens with two attached hydrogens (primary N) is 1. The molecule has 0 aliphatic heterocycles. The van der Waals surface area contributed by atoms with Gasteiger partial charge in [0.15, 0.2) is 11.6 Å². The van der Waals surface area contributed by atoms with Crippen molar-refractivity contribution < 1.29 is 13.2 Å². The molecule has 0 aromatic heterocycles. The van der Waals surface area contributed by atoms with E-state index in [4.69, 9.17) is 5.73 Å². The maximum Gasteiger partial charge on any atom is 0.159 e. The predicted molar refractivity (Wildman–Crippen MR) is 69.6 cm³/mol. The van der Waals surface area contributed by atoms with Crippen molar-refractivity contribution in [3.05, 3.63) is 59.4 Å². The van der Waals surface area contributed by atoms with E-state index in [1.165, 1.54) is 12.1 Å². The lowest BCUT2D eigenvalue weighted by molar-refractivity contribution is 0.506. The highest BCUT2D eigenvalue weighted by molar-refractivity contribution is 7.99. The molecule has 0 amide bonds. The van der Waals surface area contributed by atoms with Crippen molar-refractivity contribution in [2.45, 2.75) is 16.2 Å². The Morgan fingerprint density at radius 1 is 0.895 bits per heavy atom. The van der Waals surface area contributed by atoms with Crippen molar-refractivity contribution >= 4 is 11.8 Å². The quantitative estimate of drug-likeness (QED) is 0.924. The van der Waals surface area contributed by atoms with Gasteiger partial charge >= 0.3 is 0 Å². The van der Waals surface area contributed by atoms with E-state index in [1.54, 1.807) is 12.1 Å². The van der Waals surface area contributed by atoms with E-state index in [1.807, 2.05) is 0 Å². The van der Waals surface area contributed by atoms with Crippen molar-refractivity contribution in [3.8, 4) is 0 Å². The van der Waals surface area contributed by atoms with Crippen molar-refractivity contribution in [1.82, 2.24) is 0 Å². The predicted octanol–water partition coefficient (Wildman–Crippen LogP) is 3.76. The summed E-state index contributed by atoms with van der Waals surface area (Å²) < 4.78 is 39.6. The Kier molecular flexibility index (Phi) is 4.50. The third-order valence-corrected chi connectivity index (χ3v) is 3.59. The largest absolute Gasteiger partial charge is 0.330 e. The molecule has 0 bridgehead atoms. The molecule has 19 heavy (non-hydrogen) atoms. The number of hydrogen-bond acceptors (Lipinski definition) is 2. The normalized spacial score (nSPS) is 10.7. The van der Waals surface area contributed by atoms with Gasteiger partial charge in [-0.05, 0) is 48.9 Å². The number of hydrogen-bond donors (Lipinski definition) is 1. The van der Waals surface area contributed by atoms with E-state index in [0.717, 1.165) is 29.5 Å². The first-order valence-electron chi connectivity index (χ1n) is 5.71. The van der Waals surface area contributed by atoms with E-state index in [0.29, 0.717) is 22.8 Å². The second-order valence-corrected chi connectivity index (χ2v) is 5.10. The lowest BCUT2D eigenvalue weighted by Gasteiger charge is -2.06. The van der Waals surface area contributed by atoms with Crippen molar-refractivity contribution in [3.63, 3.8) is 0 Å². The minimum Gasteiger partial charge on any atom is -0.330 e. The van der Waals surface area contributed by atoms with E-state index >= 15 is 0 Å². The molecule has 0 heterocycles. The Morgan fingerprint density at radius 3 is 2.32 bits per heavy atom. The molecule has 5 heteroatoms. The monoisotopic (exact) mass is 283 g/mol. The molecule has 2 aromatic carbocycles. The average molecular weight is 283 g/mol. The van der Waals surface area contributed by atoms with Crippen molar-refractivity contribution in [1.29, 1.82) is 0 Å². The van der Waals surface area contributed by atoms with E-state index in [2.05, 4.69) is 0 Å². The van der Waals surface area contributed by atoms with E-state index < -0.39 is 11.6 Å². The number of benzene rings is 2. The summed E-state index contributed by atoms with van der Waals surface area (Å²) in [5.41, 5.74) is 6.21. The van der Waals surface area contributed by atoms with Gasteiger partial charge in [0.2, 0.25) is 0 Å². The standard InChI is InChI=1S/C14H12F3NS/c15-11-3-2-10(8-12(11)16)19-14-4-1-9(5-6-18)7-13(14)17/h1-4,7-8H,5-6,18H2. The molecule has 0 saturated heterocycles. The smallest absolute Gasteiger partial charge is 0.159 e. The molecular formula is C14H12F3NS.